The average Bonchev–Trinajstić information content (AvgIpc) is 2.47. The second-order valence-electron chi connectivity index (χ2n) is 7.08. The van der Waals surface area contributed by atoms with E-state index in [0.717, 1.165) is 17.6 Å². The molecule has 0 heterocycles. The van der Waals surface area contributed by atoms with Gasteiger partial charge in [-0.1, -0.05) is 56.3 Å². The van der Waals surface area contributed by atoms with Crippen molar-refractivity contribution in [1.82, 2.24) is 0 Å². The van der Waals surface area contributed by atoms with E-state index in [1.165, 1.54) is 5.56 Å². The molecule has 0 saturated heterocycles. The van der Waals surface area contributed by atoms with Crippen molar-refractivity contribution < 1.29 is 12.6 Å². The monoisotopic (exact) mass is 342 g/mol. The lowest BCUT2D eigenvalue weighted by atomic mass is 9.76. The van der Waals surface area contributed by atoms with E-state index in [1.807, 2.05) is 30.3 Å². The van der Waals surface area contributed by atoms with Crippen molar-refractivity contribution in [3.05, 3.63) is 71.3 Å². The van der Waals surface area contributed by atoms with Crippen molar-refractivity contribution >= 4 is 15.7 Å². The van der Waals surface area contributed by atoms with Gasteiger partial charge in [-0.05, 0) is 53.2 Å². The molecule has 0 N–H and O–H groups in total. The molecule has 0 atom stereocenters. The molecule has 24 heavy (non-hydrogen) atoms. The first-order valence-corrected chi connectivity index (χ1v) is 9.61. The number of hydrogen-bond acceptors (Lipinski definition) is 3. The summed E-state index contributed by atoms with van der Waals surface area (Å²) in [6, 6.07) is 14.6. The van der Waals surface area contributed by atoms with Crippen LogP contribution < -0.4 is 4.18 Å². The van der Waals surface area contributed by atoms with E-state index >= 15 is 0 Å². The van der Waals surface area contributed by atoms with Gasteiger partial charge in [0, 0.05) is 0 Å². The zero-order chi connectivity index (χ0) is 17.4. The maximum atomic E-state index is 12.3. The van der Waals surface area contributed by atoms with Crippen LogP contribution in [0, 0.1) is 5.41 Å². The fourth-order valence-corrected chi connectivity index (χ4v) is 4.35. The van der Waals surface area contributed by atoms with Crippen molar-refractivity contribution in [2.75, 3.05) is 0 Å². The van der Waals surface area contributed by atoms with Crippen LogP contribution >= 0.6 is 0 Å². The molecule has 0 radical (unpaired) electrons. The minimum absolute atomic E-state index is 0.124. The number of benzene rings is 2. The predicted molar refractivity (Wildman–Crippen MR) is 97.3 cm³/mol. The zero-order valence-corrected chi connectivity index (χ0v) is 15.1. The Kier molecular flexibility index (Phi) is 4.26. The third-order valence-corrected chi connectivity index (χ3v) is 5.30. The fraction of sp³-hybridized carbons (Fsp3) is 0.300. The van der Waals surface area contributed by atoms with Gasteiger partial charge in [0.15, 0.2) is 0 Å². The van der Waals surface area contributed by atoms with Crippen LogP contribution in [0.25, 0.3) is 5.57 Å². The molecule has 0 bridgehead atoms. The average molecular weight is 342 g/mol. The Morgan fingerprint density at radius 2 is 1.79 bits per heavy atom. The second-order valence-corrected chi connectivity index (χ2v) is 8.65. The summed E-state index contributed by atoms with van der Waals surface area (Å²) < 4.78 is 29.9. The van der Waals surface area contributed by atoms with Crippen LogP contribution in [0.4, 0.5) is 0 Å². The van der Waals surface area contributed by atoms with Crippen molar-refractivity contribution in [1.29, 1.82) is 0 Å². The highest BCUT2D eigenvalue weighted by molar-refractivity contribution is 7.86. The first kappa shape index (κ1) is 16.8. The Bertz CT molecular complexity index is 878. The molecule has 1 aliphatic rings. The summed E-state index contributed by atoms with van der Waals surface area (Å²) >= 11 is 0. The van der Waals surface area contributed by atoms with Gasteiger partial charge in [-0.2, -0.15) is 8.42 Å². The molecule has 2 aromatic rings. The molecule has 4 heteroatoms. The van der Waals surface area contributed by atoms with Crippen LogP contribution in [0.3, 0.4) is 0 Å². The smallest absolute Gasteiger partial charge is 0.313 e. The van der Waals surface area contributed by atoms with E-state index < -0.39 is 10.1 Å². The fourth-order valence-electron chi connectivity index (χ4n) is 3.29. The van der Waals surface area contributed by atoms with Gasteiger partial charge in [-0.15, -0.1) is 0 Å². The first-order valence-electron chi connectivity index (χ1n) is 8.03. The van der Waals surface area contributed by atoms with Crippen molar-refractivity contribution in [2.45, 2.75) is 32.9 Å². The normalized spacial score (nSPS) is 16.2. The summed E-state index contributed by atoms with van der Waals surface area (Å²) in [7, 11) is -3.67. The van der Waals surface area contributed by atoms with Crippen LogP contribution in [0.1, 0.15) is 37.5 Å². The van der Waals surface area contributed by atoms with Crippen molar-refractivity contribution in [2.24, 2.45) is 5.41 Å². The van der Waals surface area contributed by atoms with E-state index in [0.29, 0.717) is 11.3 Å². The predicted octanol–water partition coefficient (Wildman–Crippen LogP) is 4.58. The molecule has 1 aliphatic carbocycles. The lowest BCUT2D eigenvalue weighted by molar-refractivity contribution is 0.469. The lowest BCUT2D eigenvalue weighted by Crippen LogP contribution is -2.18. The minimum atomic E-state index is -3.67. The van der Waals surface area contributed by atoms with E-state index in [4.69, 9.17) is 4.18 Å². The van der Waals surface area contributed by atoms with Gasteiger partial charge in [-0.3, -0.25) is 0 Å². The standard InChI is InChI=1S/C20H22O3S/c1-15-12-20(2,3)13-17-9-10-18(11-19(15)17)23-24(21,22)14-16-7-5-4-6-8-16/h4-12H,13-14H2,1-3H3. The molecule has 0 aromatic heterocycles. The van der Waals surface area contributed by atoms with Crippen LogP contribution in [0.15, 0.2) is 54.6 Å². The molecule has 3 rings (SSSR count). The molecular weight excluding hydrogens is 320 g/mol. The highest BCUT2D eigenvalue weighted by atomic mass is 32.2. The maximum Gasteiger partial charge on any atom is 0.313 e. The highest BCUT2D eigenvalue weighted by Gasteiger charge is 2.24. The van der Waals surface area contributed by atoms with Gasteiger partial charge in [0.25, 0.3) is 0 Å². The zero-order valence-electron chi connectivity index (χ0n) is 14.2. The Morgan fingerprint density at radius 1 is 1.08 bits per heavy atom. The van der Waals surface area contributed by atoms with Crippen molar-refractivity contribution in [3.8, 4) is 5.75 Å². The molecule has 0 amide bonds. The van der Waals surface area contributed by atoms with E-state index in [-0.39, 0.29) is 11.2 Å². The van der Waals surface area contributed by atoms with Crippen molar-refractivity contribution in [3.63, 3.8) is 0 Å². The summed E-state index contributed by atoms with van der Waals surface area (Å²) in [6.07, 6.45) is 3.17. The maximum absolute atomic E-state index is 12.3. The molecule has 0 fully saturated rings. The molecular formula is C20H22O3S. The molecule has 0 unspecified atom stereocenters. The van der Waals surface area contributed by atoms with Crippen LogP contribution in [-0.2, 0) is 22.3 Å². The molecule has 126 valence electrons. The third kappa shape index (κ3) is 3.88. The minimum Gasteiger partial charge on any atom is -0.382 e. The first-order chi connectivity index (χ1) is 11.2. The number of fused-ring (bicyclic) bond motifs is 1. The summed E-state index contributed by atoms with van der Waals surface area (Å²) in [5.41, 5.74) is 4.30. The largest absolute Gasteiger partial charge is 0.382 e. The van der Waals surface area contributed by atoms with Crippen LogP contribution in [-0.4, -0.2) is 8.42 Å². The number of allylic oxidation sites excluding steroid dienone is 2. The Labute approximate surface area is 144 Å². The van der Waals surface area contributed by atoms with E-state index in [9.17, 15) is 8.42 Å². The second kappa shape index (κ2) is 6.10. The van der Waals surface area contributed by atoms with Crippen LogP contribution in [0.5, 0.6) is 5.75 Å². The topological polar surface area (TPSA) is 43.4 Å². The molecule has 3 nitrogen and oxygen atoms in total. The summed E-state index contributed by atoms with van der Waals surface area (Å²) in [5.74, 6) is 0.240. The summed E-state index contributed by atoms with van der Waals surface area (Å²) in [6.45, 7) is 6.46. The summed E-state index contributed by atoms with van der Waals surface area (Å²) in [4.78, 5) is 0. The molecule has 0 saturated carbocycles. The SMILES string of the molecule is CC1=CC(C)(C)Cc2ccc(OS(=O)(=O)Cc3ccccc3)cc21. The van der Waals surface area contributed by atoms with Gasteiger partial charge >= 0.3 is 10.1 Å². The Balaban J connectivity index is 1.83. The Morgan fingerprint density at radius 3 is 2.50 bits per heavy atom. The third-order valence-electron chi connectivity index (χ3n) is 4.17. The summed E-state index contributed by atoms with van der Waals surface area (Å²) in [5, 5.41) is 0. The molecule has 0 spiro atoms. The lowest BCUT2D eigenvalue weighted by Gasteiger charge is -2.29. The van der Waals surface area contributed by atoms with Gasteiger partial charge in [0.1, 0.15) is 11.5 Å². The Hall–Kier alpha value is -2.07. The number of hydrogen-bond donors (Lipinski definition) is 0. The molecule has 0 aliphatic heterocycles. The van der Waals surface area contributed by atoms with E-state index in [2.05, 4.69) is 26.8 Å². The number of rotatable bonds is 4. The van der Waals surface area contributed by atoms with Crippen LogP contribution in [0.2, 0.25) is 0 Å². The van der Waals surface area contributed by atoms with Gasteiger partial charge in [-0.25, -0.2) is 0 Å². The molecule has 2 aromatic carbocycles. The van der Waals surface area contributed by atoms with Gasteiger partial charge in [0.05, 0.1) is 0 Å². The highest BCUT2D eigenvalue weighted by Crippen LogP contribution is 2.37. The van der Waals surface area contributed by atoms with Gasteiger partial charge < -0.3 is 4.18 Å². The van der Waals surface area contributed by atoms with E-state index in [1.54, 1.807) is 18.2 Å². The quantitative estimate of drug-likeness (QED) is 0.764. The van der Waals surface area contributed by atoms with Gasteiger partial charge in [0.2, 0.25) is 0 Å².